The molecule has 0 aromatic heterocycles. The first-order chi connectivity index (χ1) is 13.8. The standard InChI is InChI=1S/C21H18Cl2N2O3S/c1-15-2-9-19(10-3-15)29(26,27)25-24-13-17-6-11-21(20(23)12-17)28-14-16-4-7-18(22)8-5-16/h2-13,25H,14H2,1H3/b24-13-. The fraction of sp³-hybridized carbons (Fsp3) is 0.0952. The molecular weight excluding hydrogens is 431 g/mol. The number of rotatable bonds is 7. The van der Waals surface area contributed by atoms with Crippen molar-refractivity contribution in [2.75, 3.05) is 0 Å². The van der Waals surface area contributed by atoms with E-state index in [9.17, 15) is 8.42 Å². The van der Waals surface area contributed by atoms with Gasteiger partial charge in [-0.2, -0.15) is 13.5 Å². The summed E-state index contributed by atoms with van der Waals surface area (Å²) < 4.78 is 30.1. The Labute approximate surface area is 180 Å². The number of hydrogen-bond acceptors (Lipinski definition) is 4. The van der Waals surface area contributed by atoms with E-state index in [4.69, 9.17) is 27.9 Å². The predicted molar refractivity (Wildman–Crippen MR) is 116 cm³/mol. The quantitative estimate of drug-likeness (QED) is 0.399. The minimum atomic E-state index is -3.72. The highest BCUT2D eigenvalue weighted by Gasteiger charge is 2.11. The number of nitrogens with zero attached hydrogens (tertiary/aromatic N) is 1. The molecule has 0 bridgehead atoms. The normalized spacial score (nSPS) is 11.6. The number of sulfonamides is 1. The maximum Gasteiger partial charge on any atom is 0.276 e. The molecular formula is C21H18Cl2N2O3S. The minimum Gasteiger partial charge on any atom is -0.487 e. The third kappa shape index (κ3) is 5.97. The van der Waals surface area contributed by atoms with Gasteiger partial charge in [0, 0.05) is 5.02 Å². The van der Waals surface area contributed by atoms with Gasteiger partial charge in [0.25, 0.3) is 10.0 Å². The summed E-state index contributed by atoms with van der Waals surface area (Å²) >= 11 is 12.1. The van der Waals surface area contributed by atoms with Crippen molar-refractivity contribution in [2.45, 2.75) is 18.4 Å². The fourth-order valence-corrected chi connectivity index (χ4v) is 3.56. The maximum absolute atomic E-state index is 12.2. The molecule has 0 aliphatic rings. The average molecular weight is 449 g/mol. The first kappa shape index (κ1) is 21.2. The summed E-state index contributed by atoms with van der Waals surface area (Å²) in [5.41, 5.74) is 2.56. The molecule has 3 aromatic rings. The number of benzene rings is 3. The highest BCUT2D eigenvalue weighted by molar-refractivity contribution is 7.89. The first-order valence-electron chi connectivity index (χ1n) is 8.62. The molecule has 5 nitrogen and oxygen atoms in total. The van der Waals surface area contributed by atoms with E-state index >= 15 is 0 Å². The first-order valence-corrected chi connectivity index (χ1v) is 10.9. The van der Waals surface area contributed by atoms with Crippen LogP contribution in [-0.4, -0.2) is 14.6 Å². The summed E-state index contributed by atoms with van der Waals surface area (Å²) in [7, 11) is -3.72. The minimum absolute atomic E-state index is 0.143. The summed E-state index contributed by atoms with van der Waals surface area (Å²) in [6, 6.07) is 18.9. The molecule has 0 spiro atoms. The number of halogens is 2. The Morgan fingerprint density at radius 1 is 1.00 bits per heavy atom. The van der Waals surface area contributed by atoms with Gasteiger partial charge in [-0.05, 0) is 60.5 Å². The summed E-state index contributed by atoms with van der Waals surface area (Å²) in [5.74, 6) is 0.513. The van der Waals surface area contributed by atoms with Crippen molar-refractivity contribution in [1.82, 2.24) is 4.83 Å². The summed E-state index contributed by atoms with van der Waals surface area (Å²) in [5, 5.41) is 4.86. The topological polar surface area (TPSA) is 67.8 Å². The highest BCUT2D eigenvalue weighted by atomic mass is 35.5. The molecule has 0 fully saturated rings. The molecule has 1 N–H and O–H groups in total. The van der Waals surface area contributed by atoms with E-state index in [1.54, 1.807) is 42.5 Å². The van der Waals surface area contributed by atoms with Gasteiger partial charge in [0.15, 0.2) is 0 Å². The molecule has 0 aliphatic carbocycles. The molecule has 3 aromatic carbocycles. The molecule has 0 amide bonds. The second-order valence-corrected chi connectivity index (χ2v) is 8.78. The van der Waals surface area contributed by atoms with Crippen molar-refractivity contribution in [3.63, 3.8) is 0 Å². The monoisotopic (exact) mass is 448 g/mol. The maximum atomic E-state index is 12.2. The van der Waals surface area contributed by atoms with E-state index in [0.29, 0.717) is 28.0 Å². The summed E-state index contributed by atoms with van der Waals surface area (Å²) in [6.45, 7) is 2.23. The van der Waals surface area contributed by atoms with Crippen LogP contribution in [0.25, 0.3) is 0 Å². The zero-order valence-corrected chi connectivity index (χ0v) is 17.8. The van der Waals surface area contributed by atoms with Gasteiger partial charge in [-0.25, -0.2) is 4.83 Å². The van der Waals surface area contributed by atoms with Crippen LogP contribution in [0.15, 0.2) is 76.7 Å². The number of hydrazone groups is 1. The van der Waals surface area contributed by atoms with E-state index in [0.717, 1.165) is 11.1 Å². The van der Waals surface area contributed by atoms with E-state index < -0.39 is 10.0 Å². The number of ether oxygens (including phenoxy) is 1. The van der Waals surface area contributed by atoms with Gasteiger partial charge in [-0.15, -0.1) is 0 Å². The molecule has 3 rings (SSSR count). The Morgan fingerprint density at radius 2 is 1.69 bits per heavy atom. The Hall–Kier alpha value is -2.54. The van der Waals surface area contributed by atoms with Crippen molar-refractivity contribution in [3.8, 4) is 5.75 Å². The van der Waals surface area contributed by atoms with Crippen LogP contribution < -0.4 is 9.57 Å². The molecule has 29 heavy (non-hydrogen) atoms. The molecule has 0 radical (unpaired) electrons. The fourth-order valence-electron chi connectivity index (χ4n) is 2.40. The average Bonchev–Trinajstić information content (AvgIpc) is 2.69. The van der Waals surface area contributed by atoms with Gasteiger partial charge < -0.3 is 4.74 Å². The van der Waals surface area contributed by atoms with Gasteiger partial charge in [-0.1, -0.05) is 53.0 Å². The largest absolute Gasteiger partial charge is 0.487 e. The Bertz CT molecular complexity index is 1110. The van der Waals surface area contributed by atoms with Crippen LogP contribution >= 0.6 is 23.2 Å². The van der Waals surface area contributed by atoms with Crippen molar-refractivity contribution in [3.05, 3.63) is 93.5 Å². The summed E-state index contributed by atoms with van der Waals surface area (Å²) in [6.07, 6.45) is 1.38. The molecule has 0 heterocycles. The zero-order chi connectivity index (χ0) is 20.9. The lowest BCUT2D eigenvalue weighted by Crippen LogP contribution is -2.18. The number of nitrogens with one attached hydrogen (secondary N) is 1. The Morgan fingerprint density at radius 3 is 2.34 bits per heavy atom. The van der Waals surface area contributed by atoms with Gasteiger partial charge in [-0.3, -0.25) is 0 Å². The molecule has 0 saturated carbocycles. The molecule has 8 heteroatoms. The van der Waals surface area contributed by atoms with Crippen molar-refractivity contribution >= 4 is 39.4 Å². The van der Waals surface area contributed by atoms with Gasteiger partial charge in [0.1, 0.15) is 12.4 Å². The van der Waals surface area contributed by atoms with Gasteiger partial charge in [0.2, 0.25) is 0 Å². The zero-order valence-electron chi connectivity index (χ0n) is 15.5. The van der Waals surface area contributed by atoms with E-state index in [1.807, 2.05) is 19.1 Å². The third-order valence-corrected chi connectivity index (χ3v) is 5.77. The SMILES string of the molecule is Cc1ccc(S(=O)(=O)N/N=C\c2ccc(OCc3ccc(Cl)cc3)c(Cl)c2)cc1. The van der Waals surface area contributed by atoms with Crippen LogP contribution in [0, 0.1) is 6.92 Å². The smallest absolute Gasteiger partial charge is 0.276 e. The van der Waals surface area contributed by atoms with Crippen LogP contribution in [0.3, 0.4) is 0 Å². The van der Waals surface area contributed by atoms with E-state index in [2.05, 4.69) is 9.93 Å². The van der Waals surface area contributed by atoms with Crippen molar-refractivity contribution < 1.29 is 13.2 Å². The second-order valence-electron chi connectivity index (χ2n) is 6.27. The summed E-state index contributed by atoms with van der Waals surface area (Å²) in [4.78, 5) is 2.33. The second kappa shape index (κ2) is 9.31. The highest BCUT2D eigenvalue weighted by Crippen LogP contribution is 2.26. The van der Waals surface area contributed by atoms with Crippen molar-refractivity contribution in [1.29, 1.82) is 0 Å². The molecule has 0 atom stereocenters. The molecule has 150 valence electrons. The van der Waals surface area contributed by atoms with Crippen LogP contribution in [0.4, 0.5) is 0 Å². The van der Waals surface area contributed by atoms with Crippen LogP contribution in [0.1, 0.15) is 16.7 Å². The lowest BCUT2D eigenvalue weighted by molar-refractivity contribution is 0.306. The molecule has 0 unspecified atom stereocenters. The Balaban J connectivity index is 1.62. The predicted octanol–water partition coefficient (Wildman–Crippen LogP) is 5.19. The van der Waals surface area contributed by atoms with Crippen LogP contribution in [0.5, 0.6) is 5.75 Å². The van der Waals surface area contributed by atoms with Crippen LogP contribution in [-0.2, 0) is 16.6 Å². The van der Waals surface area contributed by atoms with Gasteiger partial charge >= 0.3 is 0 Å². The van der Waals surface area contributed by atoms with Crippen molar-refractivity contribution in [2.24, 2.45) is 5.10 Å². The lowest BCUT2D eigenvalue weighted by Gasteiger charge is -2.09. The number of hydrogen-bond donors (Lipinski definition) is 1. The molecule has 0 saturated heterocycles. The van der Waals surface area contributed by atoms with E-state index in [1.165, 1.54) is 18.3 Å². The lowest BCUT2D eigenvalue weighted by atomic mass is 10.2. The van der Waals surface area contributed by atoms with Gasteiger partial charge in [0.05, 0.1) is 16.1 Å². The molecule has 0 aliphatic heterocycles. The number of aryl methyl sites for hydroxylation is 1. The third-order valence-electron chi connectivity index (χ3n) is 3.98. The van der Waals surface area contributed by atoms with Crippen LogP contribution in [0.2, 0.25) is 10.0 Å². The Kier molecular flexibility index (Phi) is 6.79. The van der Waals surface area contributed by atoms with E-state index in [-0.39, 0.29) is 4.90 Å².